The average Bonchev–Trinajstić information content (AvgIpc) is 2.83. The topological polar surface area (TPSA) is 103 Å². The van der Waals surface area contributed by atoms with E-state index in [9.17, 15) is 14.4 Å². The average molecular weight is 499 g/mol. The summed E-state index contributed by atoms with van der Waals surface area (Å²) in [5, 5.41) is 2.85. The molecule has 36 heavy (non-hydrogen) atoms. The van der Waals surface area contributed by atoms with Gasteiger partial charge in [0.05, 0.1) is 25.2 Å². The van der Waals surface area contributed by atoms with Gasteiger partial charge in [0.2, 0.25) is 5.91 Å². The molecule has 8 nitrogen and oxygen atoms in total. The maximum absolute atomic E-state index is 13.2. The van der Waals surface area contributed by atoms with Gasteiger partial charge in [0, 0.05) is 6.42 Å². The van der Waals surface area contributed by atoms with Crippen LogP contribution in [0.3, 0.4) is 0 Å². The lowest BCUT2D eigenvalue weighted by Gasteiger charge is -2.23. The number of nitrogens with one attached hydrogen (secondary N) is 2. The molecule has 0 radical (unpaired) electrons. The van der Waals surface area contributed by atoms with Crippen molar-refractivity contribution in [2.24, 2.45) is 11.8 Å². The van der Waals surface area contributed by atoms with E-state index in [-0.39, 0.29) is 37.7 Å². The van der Waals surface area contributed by atoms with Gasteiger partial charge in [-0.25, -0.2) is 10.3 Å². The molecule has 0 aliphatic carbocycles. The van der Waals surface area contributed by atoms with Crippen LogP contribution in [0.5, 0.6) is 0 Å². The molecule has 0 aliphatic heterocycles. The number of hydroxylamine groups is 1. The molecule has 0 saturated heterocycles. The summed E-state index contributed by atoms with van der Waals surface area (Å²) in [6, 6.07) is 18.1. The first-order valence-corrected chi connectivity index (χ1v) is 12.3. The Bertz CT molecular complexity index is 934. The SMILES string of the molecule is CC(C)C[C@H](COCC(=O)NOCc1ccccc1)C(=O)N[C@@H](Cc1ccccc1)C(=O)OC(C)C. The monoisotopic (exact) mass is 498 g/mol. The lowest BCUT2D eigenvalue weighted by Crippen LogP contribution is -2.47. The summed E-state index contributed by atoms with van der Waals surface area (Å²) in [5.74, 6) is -1.57. The molecule has 2 atom stereocenters. The minimum Gasteiger partial charge on any atom is -0.461 e. The number of esters is 1. The molecule has 0 aliphatic rings. The van der Waals surface area contributed by atoms with Crippen LogP contribution in [0, 0.1) is 11.8 Å². The van der Waals surface area contributed by atoms with Gasteiger partial charge in [-0.05, 0) is 37.3 Å². The lowest BCUT2D eigenvalue weighted by atomic mass is 9.96. The van der Waals surface area contributed by atoms with Crippen molar-refractivity contribution in [1.82, 2.24) is 10.8 Å². The van der Waals surface area contributed by atoms with Crippen LogP contribution >= 0.6 is 0 Å². The molecule has 0 fully saturated rings. The largest absolute Gasteiger partial charge is 0.461 e. The Balaban J connectivity index is 1.90. The van der Waals surface area contributed by atoms with Gasteiger partial charge in [0.15, 0.2) is 0 Å². The van der Waals surface area contributed by atoms with Crippen LogP contribution in [-0.2, 0) is 41.7 Å². The zero-order valence-electron chi connectivity index (χ0n) is 21.6. The number of benzene rings is 2. The van der Waals surface area contributed by atoms with Crippen molar-refractivity contribution < 1.29 is 28.7 Å². The van der Waals surface area contributed by atoms with Gasteiger partial charge in [-0.2, -0.15) is 0 Å². The number of rotatable bonds is 15. The van der Waals surface area contributed by atoms with E-state index in [0.717, 1.165) is 11.1 Å². The third kappa shape index (κ3) is 11.5. The van der Waals surface area contributed by atoms with E-state index in [1.165, 1.54) is 0 Å². The number of ether oxygens (including phenoxy) is 2. The molecular formula is C28H38N2O6. The fourth-order valence-corrected chi connectivity index (χ4v) is 3.56. The van der Waals surface area contributed by atoms with Gasteiger partial charge in [0.1, 0.15) is 12.6 Å². The van der Waals surface area contributed by atoms with E-state index in [4.69, 9.17) is 14.3 Å². The predicted molar refractivity (Wildman–Crippen MR) is 136 cm³/mol. The van der Waals surface area contributed by atoms with Crippen LogP contribution in [-0.4, -0.2) is 43.1 Å². The smallest absolute Gasteiger partial charge is 0.329 e. The van der Waals surface area contributed by atoms with Gasteiger partial charge in [-0.1, -0.05) is 74.5 Å². The van der Waals surface area contributed by atoms with Crippen molar-refractivity contribution in [3.63, 3.8) is 0 Å². The zero-order chi connectivity index (χ0) is 26.3. The number of hydrogen-bond acceptors (Lipinski definition) is 6. The Morgan fingerprint density at radius 3 is 2.06 bits per heavy atom. The Morgan fingerprint density at radius 2 is 1.47 bits per heavy atom. The van der Waals surface area contributed by atoms with Crippen molar-refractivity contribution in [1.29, 1.82) is 0 Å². The molecule has 0 saturated carbocycles. The van der Waals surface area contributed by atoms with Crippen LogP contribution < -0.4 is 10.8 Å². The summed E-state index contributed by atoms with van der Waals surface area (Å²) in [6.07, 6.45) is 0.550. The van der Waals surface area contributed by atoms with Crippen LogP contribution in [0.1, 0.15) is 45.2 Å². The van der Waals surface area contributed by atoms with E-state index in [2.05, 4.69) is 10.8 Å². The Hall–Kier alpha value is -3.23. The van der Waals surface area contributed by atoms with Crippen molar-refractivity contribution in [2.45, 2.75) is 59.3 Å². The molecule has 196 valence electrons. The number of hydrogen-bond donors (Lipinski definition) is 2. The number of carbonyl (C=O) groups excluding carboxylic acids is 3. The van der Waals surface area contributed by atoms with Crippen LogP contribution in [0.15, 0.2) is 60.7 Å². The summed E-state index contributed by atoms with van der Waals surface area (Å²) in [7, 11) is 0. The van der Waals surface area contributed by atoms with Crippen molar-refractivity contribution >= 4 is 17.8 Å². The minimum absolute atomic E-state index is 0.0351. The summed E-state index contributed by atoms with van der Waals surface area (Å²) in [6.45, 7) is 7.55. The van der Waals surface area contributed by atoms with E-state index >= 15 is 0 Å². The molecular weight excluding hydrogens is 460 g/mol. The number of amides is 2. The Labute approximate surface area is 213 Å². The molecule has 2 aromatic rings. The molecule has 0 heterocycles. The quantitative estimate of drug-likeness (QED) is 0.287. The summed E-state index contributed by atoms with van der Waals surface area (Å²) in [5.41, 5.74) is 4.18. The van der Waals surface area contributed by atoms with E-state index in [0.29, 0.717) is 12.8 Å². The standard InChI is InChI=1S/C28H38N2O6/c1-20(2)15-24(18-34-19-26(31)30-35-17-23-13-9-6-10-14-23)27(32)29-25(28(33)36-21(3)4)16-22-11-7-5-8-12-22/h5-14,20-21,24-25H,15-19H2,1-4H3,(H,29,32)(H,30,31)/t24-,25+/m1/s1. The van der Waals surface area contributed by atoms with E-state index in [1.807, 2.05) is 74.5 Å². The molecule has 0 spiro atoms. The van der Waals surface area contributed by atoms with Gasteiger partial charge >= 0.3 is 5.97 Å². The molecule has 2 aromatic carbocycles. The summed E-state index contributed by atoms with van der Waals surface area (Å²) >= 11 is 0. The normalized spacial score (nSPS) is 12.7. The first-order valence-electron chi connectivity index (χ1n) is 12.3. The fraction of sp³-hybridized carbons (Fsp3) is 0.464. The molecule has 2 N–H and O–H groups in total. The maximum Gasteiger partial charge on any atom is 0.329 e. The molecule has 0 unspecified atom stereocenters. The summed E-state index contributed by atoms with van der Waals surface area (Å²) in [4.78, 5) is 43.1. The van der Waals surface area contributed by atoms with Crippen molar-refractivity contribution in [3.05, 3.63) is 71.8 Å². The fourth-order valence-electron chi connectivity index (χ4n) is 3.56. The second-order valence-corrected chi connectivity index (χ2v) is 9.38. The van der Waals surface area contributed by atoms with Crippen molar-refractivity contribution in [2.75, 3.05) is 13.2 Å². The number of carbonyl (C=O) groups is 3. The highest BCUT2D eigenvalue weighted by Crippen LogP contribution is 2.14. The highest BCUT2D eigenvalue weighted by Gasteiger charge is 2.28. The Kier molecular flexibility index (Phi) is 12.6. The highest BCUT2D eigenvalue weighted by atomic mass is 16.7. The third-order valence-corrected chi connectivity index (χ3v) is 5.18. The van der Waals surface area contributed by atoms with Crippen LogP contribution in [0.2, 0.25) is 0 Å². The first-order chi connectivity index (χ1) is 17.2. The van der Waals surface area contributed by atoms with Gasteiger partial charge < -0.3 is 14.8 Å². The van der Waals surface area contributed by atoms with E-state index < -0.39 is 23.8 Å². The molecule has 0 aromatic heterocycles. The Morgan fingerprint density at radius 1 is 0.861 bits per heavy atom. The minimum atomic E-state index is -0.827. The second-order valence-electron chi connectivity index (χ2n) is 9.38. The lowest BCUT2D eigenvalue weighted by molar-refractivity contribution is -0.152. The predicted octanol–water partition coefficient (Wildman–Crippen LogP) is 3.59. The molecule has 8 heteroatoms. The van der Waals surface area contributed by atoms with Gasteiger partial charge in [0.25, 0.3) is 5.91 Å². The van der Waals surface area contributed by atoms with Gasteiger partial charge in [-0.15, -0.1) is 0 Å². The highest BCUT2D eigenvalue weighted by molar-refractivity contribution is 5.86. The van der Waals surface area contributed by atoms with Crippen LogP contribution in [0.25, 0.3) is 0 Å². The van der Waals surface area contributed by atoms with Crippen LogP contribution in [0.4, 0.5) is 0 Å². The van der Waals surface area contributed by atoms with Crippen molar-refractivity contribution in [3.8, 4) is 0 Å². The summed E-state index contributed by atoms with van der Waals surface area (Å²) < 4.78 is 10.9. The molecule has 2 rings (SSSR count). The molecule has 2 amide bonds. The second kappa shape index (κ2) is 15.7. The van der Waals surface area contributed by atoms with Gasteiger partial charge in [-0.3, -0.25) is 14.4 Å². The molecule has 0 bridgehead atoms. The first kappa shape index (κ1) is 29.0. The third-order valence-electron chi connectivity index (χ3n) is 5.18. The zero-order valence-corrected chi connectivity index (χ0v) is 21.6. The van der Waals surface area contributed by atoms with E-state index in [1.54, 1.807) is 13.8 Å². The maximum atomic E-state index is 13.2.